The summed E-state index contributed by atoms with van der Waals surface area (Å²) in [7, 11) is 1.15. The molecule has 0 aliphatic heterocycles. The first-order valence-electron chi connectivity index (χ1n) is 8.83. The van der Waals surface area contributed by atoms with E-state index in [4.69, 9.17) is 0 Å². The first kappa shape index (κ1) is 21.9. The molecular formula is C19H16F4N6O2. The highest BCUT2D eigenvalue weighted by Gasteiger charge is 2.42. The summed E-state index contributed by atoms with van der Waals surface area (Å²) >= 11 is 0. The summed E-state index contributed by atoms with van der Waals surface area (Å²) in [6.45, 7) is 1.23. The molecule has 0 unspecified atom stereocenters. The normalized spacial score (nSPS) is 11.3. The fourth-order valence-electron chi connectivity index (χ4n) is 2.72. The van der Waals surface area contributed by atoms with Gasteiger partial charge >= 0.3 is 6.18 Å². The maximum Gasteiger partial charge on any atom is 0.435 e. The van der Waals surface area contributed by atoms with Gasteiger partial charge < -0.3 is 10.2 Å². The number of likely N-dealkylation sites (N-methyl/N-ethyl adjacent to an activating group) is 1. The second-order valence-corrected chi connectivity index (χ2v) is 6.60. The Hall–Kier alpha value is -3.83. The zero-order valence-corrected chi connectivity index (χ0v) is 16.3. The molecular weight excluding hydrogens is 420 g/mol. The van der Waals surface area contributed by atoms with Crippen molar-refractivity contribution in [1.82, 2.24) is 24.9 Å². The third kappa shape index (κ3) is 5.02. The smallest absolute Gasteiger partial charge is 0.331 e. The summed E-state index contributed by atoms with van der Waals surface area (Å²) in [6.07, 6.45) is -3.55. The molecule has 31 heavy (non-hydrogen) atoms. The van der Waals surface area contributed by atoms with E-state index in [1.54, 1.807) is 19.1 Å². The first-order chi connectivity index (χ1) is 14.6. The lowest BCUT2D eigenvalue weighted by Gasteiger charge is -2.17. The predicted octanol–water partition coefficient (Wildman–Crippen LogP) is 2.84. The Labute approximate surface area is 173 Å². The van der Waals surface area contributed by atoms with E-state index in [1.807, 2.05) is 0 Å². The molecule has 2 amide bonds. The quantitative estimate of drug-likeness (QED) is 0.621. The number of aryl methyl sites for hydroxylation is 1. The predicted molar refractivity (Wildman–Crippen MR) is 101 cm³/mol. The molecule has 0 saturated carbocycles. The van der Waals surface area contributed by atoms with Gasteiger partial charge in [0.1, 0.15) is 11.6 Å². The third-order valence-corrected chi connectivity index (χ3v) is 4.10. The average molecular weight is 436 g/mol. The molecule has 0 fully saturated rings. The number of anilines is 1. The van der Waals surface area contributed by atoms with Crippen molar-refractivity contribution in [3.8, 4) is 5.69 Å². The van der Waals surface area contributed by atoms with Crippen LogP contribution in [0.25, 0.3) is 5.69 Å². The van der Waals surface area contributed by atoms with Crippen molar-refractivity contribution in [2.24, 2.45) is 0 Å². The highest BCUT2D eigenvalue weighted by molar-refractivity contribution is 5.98. The monoisotopic (exact) mass is 436 g/mol. The first-order valence-corrected chi connectivity index (χ1v) is 8.83. The molecule has 3 rings (SSSR count). The molecule has 2 aromatic heterocycles. The van der Waals surface area contributed by atoms with E-state index in [2.05, 4.69) is 20.6 Å². The molecule has 3 aromatic rings. The summed E-state index contributed by atoms with van der Waals surface area (Å²) < 4.78 is 54.9. The second-order valence-electron chi connectivity index (χ2n) is 6.60. The molecule has 0 bridgehead atoms. The van der Waals surface area contributed by atoms with Crippen LogP contribution in [0, 0.1) is 12.7 Å². The number of carbonyl (C=O) groups is 2. The Bertz CT molecular complexity index is 1130. The number of amides is 2. The van der Waals surface area contributed by atoms with Crippen LogP contribution in [0.15, 0.2) is 42.6 Å². The molecule has 8 nitrogen and oxygen atoms in total. The Morgan fingerprint density at radius 1 is 1.19 bits per heavy atom. The lowest BCUT2D eigenvalue weighted by molar-refractivity contribution is -0.143. The average Bonchev–Trinajstić information content (AvgIpc) is 3.13. The number of pyridine rings is 1. The van der Waals surface area contributed by atoms with Gasteiger partial charge in [0.25, 0.3) is 5.91 Å². The minimum atomic E-state index is -5.02. The summed E-state index contributed by atoms with van der Waals surface area (Å²) in [5.74, 6) is -2.39. The number of hydrogen-bond acceptors (Lipinski definition) is 5. The van der Waals surface area contributed by atoms with Crippen molar-refractivity contribution in [3.63, 3.8) is 0 Å². The van der Waals surface area contributed by atoms with Crippen molar-refractivity contribution in [1.29, 1.82) is 0 Å². The van der Waals surface area contributed by atoms with E-state index in [0.717, 1.165) is 29.6 Å². The van der Waals surface area contributed by atoms with E-state index < -0.39 is 41.7 Å². The van der Waals surface area contributed by atoms with E-state index in [0.29, 0.717) is 4.68 Å². The molecule has 162 valence electrons. The second kappa shape index (κ2) is 8.50. The maximum absolute atomic E-state index is 13.7. The highest BCUT2D eigenvalue weighted by atomic mass is 19.4. The number of halogens is 4. The minimum Gasteiger partial charge on any atom is -0.331 e. The molecule has 0 atom stereocenters. The van der Waals surface area contributed by atoms with Crippen LogP contribution in [0.2, 0.25) is 0 Å². The van der Waals surface area contributed by atoms with Gasteiger partial charge in [0, 0.05) is 13.2 Å². The van der Waals surface area contributed by atoms with Gasteiger partial charge in [-0.1, -0.05) is 11.3 Å². The number of hydrogen-bond donors (Lipinski definition) is 1. The minimum absolute atomic E-state index is 0.235. The largest absolute Gasteiger partial charge is 0.435 e. The fraction of sp³-hybridized carbons (Fsp3) is 0.211. The van der Waals surface area contributed by atoms with Crippen LogP contribution < -0.4 is 5.32 Å². The number of rotatable bonds is 5. The molecule has 0 saturated heterocycles. The number of nitrogens with one attached hydrogen (secondary N) is 1. The topological polar surface area (TPSA) is 93.0 Å². The van der Waals surface area contributed by atoms with Gasteiger partial charge in [0.2, 0.25) is 5.91 Å². The summed E-state index contributed by atoms with van der Waals surface area (Å²) in [6, 6.07) is 7.56. The molecule has 0 radical (unpaired) electrons. The third-order valence-electron chi connectivity index (χ3n) is 4.10. The fourth-order valence-corrected chi connectivity index (χ4v) is 2.72. The number of carbonyl (C=O) groups excluding carboxylic acids is 2. The van der Waals surface area contributed by atoms with Gasteiger partial charge in [-0.2, -0.15) is 13.2 Å². The van der Waals surface area contributed by atoms with Crippen molar-refractivity contribution in [3.05, 3.63) is 65.4 Å². The summed E-state index contributed by atoms with van der Waals surface area (Å²) in [5.41, 5.74) is -1.92. The van der Waals surface area contributed by atoms with E-state index >= 15 is 0 Å². The molecule has 0 aliphatic rings. The maximum atomic E-state index is 13.7. The standard InChI is InChI=1S/C19H16F4N6O2/c1-11-6-7-24-14(8-11)25-15(30)10-28(2)18(31)16-17(19(21,22)23)29(27-26-16)13-5-3-4-12(20)9-13/h3-9H,10H2,1-2H3,(H,24,25,30). The van der Waals surface area contributed by atoms with Gasteiger partial charge in [-0.3, -0.25) is 9.59 Å². The number of nitrogens with zero attached hydrogens (tertiary/aromatic N) is 5. The van der Waals surface area contributed by atoms with Crippen molar-refractivity contribution >= 4 is 17.6 Å². The van der Waals surface area contributed by atoms with Crippen LogP contribution in [0.1, 0.15) is 21.7 Å². The lowest BCUT2D eigenvalue weighted by atomic mass is 10.2. The summed E-state index contributed by atoms with van der Waals surface area (Å²) in [5, 5.41) is 9.18. The van der Waals surface area contributed by atoms with E-state index in [-0.39, 0.29) is 11.5 Å². The van der Waals surface area contributed by atoms with Crippen LogP contribution >= 0.6 is 0 Å². The van der Waals surface area contributed by atoms with Crippen molar-refractivity contribution in [2.75, 3.05) is 18.9 Å². The van der Waals surface area contributed by atoms with Crippen molar-refractivity contribution < 1.29 is 27.2 Å². The van der Waals surface area contributed by atoms with Gasteiger partial charge in [-0.15, -0.1) is 5.10 Å². The van der Waals surface area contributed by atoms with Crippen LogP contribution in [0.4, 0.5) is 23.4 Å². The van der Waals surface area contributed by atoms with E-state index in [1.165, 1.54) is 18.3 Å². The molecule has 1 N–H and O–H groups in total. The Balaban J connectivity index is 1.84. The van der Waals surface area contributed by atoms with Crippen LogP contribution in [-0.4, -0.2) is 50.3 Å². The number of benzene rings is 1. The Morgan fingerprint density at radius 3 is 2.58 bits per heavy atom. The van der Waals surface area contributed by atoms with Crippen molar-refractivity contribution in [2.45, 2.75) is 13.1 Å². The Morgan fingerprint density at radius 2 is 1.94 bits per heavy atom. The zero-order valence-electron chi connectivity index (χ0n) is 16.3. The molecule has 1 aromatic carbocycles. The van der Waals surface area contributed by atoms with Crippen LogP contribution in [0.3, 0.4) is 0 Å². The molecule has 0 spiro atoms. The summed E-state index contributed by atoms with van der Waals surface area (Å²) in [4.78, 5) is 29.5. The van der Waals surface area contributed by atoms with Gasteiger partial charge in [0.15, 0.2) is 11.4 Å². The lowest BCUT2D eigenvalue weighted by Crippen LogP contribution is -2.36. The van der Waals surface area contributed by atoms with E-state index in [9.17, 15) is 27.2 Å². The number of alkyl halides is 3. The van der Waals surface area contributed by atoms with Crippen LogP contribution in [0.5, 0.6) is 0 Å². The van der Waals surface area contributed by atoms with Gasteiger partial charge in [-0.25, -0.2) is 14.1 Å². The highest BCUT2D eigenvalue weighted by Crippen LogP contribution is 2.33. The Kier molecular flexibility index (Phi) is 5.99. The molecule has 2 heterocycles. The van der Waals surface area contributed by atoms with Crippen LogP contribution in [-0.2, 0) is 11.0 Å². The SMILES string of the molecule is Cc1ccnc(NC(=O)CN(C)C(=O)c2nnn(-c3cccc(F)c3)c2C(F)(F)F)c1. The molecule has 12 heteroatoms. The zero-order chi connectivity index (χ0) is 22.8. The number of aromatic nitrogens is 4. The van der Waals surface area contributed by atoms with Gasteiger partial charge in [0.05, 0.1) is 12.2 Å². The molecule has 0 aliphatic carbocycles. The van der Waals surface area contributed by atoms with Gasteiger partial charge in [-0.05, 0) is 42.8 Å².